The van der Waals surface area contributed by atoms with E-state index in [1.807, 2.05) is 36.5 Å². The fraction of sp³-hybridized carbons (Fsp3) is 0.541. The van der Waals surface area contributed by atoms with Crippen molar-refractivity contribution in [2.75, 3.05) is 56.7 Å². The monoisotopic (exact) mass is 676 g/mol. The van der Waals surface area contributed by atoms with Crippen LogP contribution in [-0.4, -0.2) is 72.7 Å². The quantitative estimate of drug-likeness (QED) is 0.231. The zero-order chi connectivity index (χ0) is 32.9. The van der Waals surface area contributed by atoms with Gasteiger partial charge >= 0.3 is 0 Å². The number of alkyl halides is 1. The van der Waals surface area contributed by atoms with Crippen molar-refractivity contribution in [3.05, 3.63) is 76.1 Å². The van der Waals surface area contributed by atoms with Crippen LogP contribution < -0.4 is 19.7 Å². The molecule has 2 aromatic carbocycles. The number of benzene rings is 2. The molecule has 250 valence electrons. The topological polar surface area (TPSA) is 86.5 Å². The number of aromatic nitrogens is 2. The Morgan fingerprint density at radius 1 is 0.979 bits per heavy atom. The molecule has 3 aliphatic heterocycles. The van der Waals surface area contributed by atoms with Crippen molar-refractivity contribution in [3.63, 3.8) is 0 Å². The predicted octanol–water partition coefficient (Wildman–Crippen LogP) is 6.96. The Morgan fingerprint density at radius 3 is 2.36 bits per heavy atom. The van der Waals surface area contributed by atoms with Gasteiger partial charge in [0, 0.05) is 30.7 Å². The molecular weight excluding hydrogens is 631 g/mol. The lowest BCUT2D eigenvalue weighted by Gasteiger charge is -2.49. The average molecular weight is 678 g/mol. The third-order valence-electron chi connectivity index (χ3n) is 10.7. The fourth-order valence-electron chi connectivity index (χ4n) is 7.45. The third-order valence-corrected chi connectivity index (χ3v) is 11.1. The number of hydrogen-bond donors (Lipinski definition) is 1. The van der Waals surface area contributed by atoms with E-state index in [2.05, 4.69) is 52.2 Å². The van der Waals surface area contributed by atoms with Gasteiger partial charge in [-0.2, -0.15) is 5.26 Å². The second-order valence-electron chi connectivity index (χ2n) is 13.8. The van der Waals surface area contributed by atoms with Gasteiger partial charge in [-0.05, 0) is 112 Å². The maximum Gasteiger partial charge on any atom is 0.225 e. The Balaban J connectivity index is 1.03. The molecule has 0 atom stereocenters. The van der Waals surface area contributed by atoms with Crippen LogP contribution in [0.25, 0.3) is 0 Å². The zero-order valence-electron chi connectivity index (χ0n) is 27.6. The van der Waals surface area contributed by atoms with Crippen LogP contribution in [0.15, 0.2) is 48.7 Å². The molecule has 1 N–H and O–H groups in total. The van der Waals surface area contributed by atoms with Gasteiger partial charge < -0.3 is 24.6 Å². The van der Waals surface area contributed by atoms with Gasteiger partial charge in [-0.3, -0.25) is 0 Å². The van der Waals surface area contributed by atoms with E-state index in [0.29, 0.717) is 34.2 Å². The highest BCUT2D eigenvalue weighted by atomic mass is 35.5. The number of nitriles is 1. The number of rotatable bonds is 10. The van der Waals surface area contributed by atoms with Gasteiger partial charge in [-0.15, -0.1) is 11.6 Å². The first kappa shape index (κ1) is 33.8. The van der Waals surface area contributed by atoms with Crippen molar-refractivity contribution in [2.24, 2.45) is 5.41 Å². The first-order valence-corrected chi connectivity index (χ1v) is 17.9. The summed E-state index contributed by atoms with van der Waals surface area (Å²) in [6.07, 6.45) is 9.52. The Bertz CT molecular complexity index is 1540. The van der Waals surface area contributed by atoms with Crippen LogP contribution in [0.3, 0.4) is 0 Å². The molecule has 1 aromatic heterocycles. The maximum absolute atomic E-state index is 9.73. The number of piperidine rings is 3. The highest BCUT2D eigenvalue weighted by molar-refractivity contribution is 6.32. The summed E-state index contributed by atoms with van der Waals surface area (Å²) < 4.78 is 11.8. The normalized spacial score (nSPS) is 19.0. The number of nitrogens with zero attached hydrogens (tertiary/aromatic N) is 5. The van der Waals surface area contributed by atoms with Crippen LogP contribution in [-0.2, 0) is 12.0 Å². The molecule has 0 radical (unpaired) electrons. The molecule has 0 saturated carbocycles. The van der Waals surface area contributed by atoms with Gasteiger partial charge in [-0.1, -0.05) is 37.6 Å². The average Bonchev–Trinajstić information content (AvgIpc) is 3.11. The summed E-state index contributed by atoms with van der Waals surface area (Å²) in [6, 6.07) is 16.7. The summed E-state index contributed by atoms with van der Waals surface area (Å²) in [6.45, 7) is 11.7. The second kappa shape index (κ2) is 15.0. The number of hydrogen-bond acceptors (Lipinski definition) is 8. The molecule has 3 aromatic rings. The molecule has 3 aliphatic rings. The summed E-state index contributed by atoms with van der Waals surface area (Å²) in [5.41, 5.74) is 3.33. The van der Waals surface area contributed by atoms with Crippen molar-refractivity contribution in [3.8, 4) is 17.6 Å². The molecule has 4 heterocycles. The van der Waals surface area contributed by atoms with Crippen molar-refractivity contribution in [1.82, 2.24) is 20.2 Å². The van der Waals surface area contributed by atoms with Gasteiger partial charge in [0.2, 0.25) is 5.95 Å². The highest BCUT2D eigenvalue weighted by Gasteiger charge is 2.39. The van der Waals surface area contributed by atoms with Crippen molar-refractivity contribution >= 4 is 29.2 Å². The standard InChI is InChI=1S/C37H46Cl2N6O2/c1-36(2,29-23-27(25-40)34(33(39)24-29)46-22-14-38)28-3-5-32(6-4-28)47-26-30-7-17-42-35(43-30)45-20-12-37(13-21-45)10-18-44(19-11-37)31-8-15-41-16-9-31/h3-7,17,23-24,31,41H,8-16,18-22,26H2,1-2H3. The number of nitrogens with one attached hydrogen (secondary N) is 1. The van der Waals surface area contributed by atoms with Gasteiger partial charge in [0.25, 0.3) is 0 Å². The van der Waals surface area contributed by atoms with E-state index in [4.69, 9.17) is 37.7 Å². The van der Waals surface area contributed by atoms with E-state index in [1.165, 1.54) is 64.7 Å². The first-order valence-electron chi connectivity index (χ1n) is 17.0. The molecule has 0 amide bonds. The summed E-state index contributed by atoms with van der Waals surface area (Å²) in [5.74, 6) is 2.26. The molecule has 3 saturated heterocycles. The van der Waals surface area contributed by atoms with Crippen LogP contribution >= 0.6 is 23.2 Å². The molecule has 0 bridgehead atoms. The minimum Gasteiger partial charge on any atom is -0.489 e. The Hall–Kier alpha value is -3.09. The Morgan fingerprint density at radius 2 is 1.68 bits per heavy atom. The largest absolute Gasteiger partial charge is 0.489 e. The van der Waals surface area contributed by atoms with Gasteiger partial charge in [0.1, 0.15) is 25.0 Å². The van der Waals surface area contributed by atoms with Crippen LogP contribution in [0.4, 0.5) is 5.95 Å². The first-order chi connectivity index (χ1) is 22.8. The second-order valence-corrected chi connectivity index (χ2v) is 14.6. The lowest BCUT2D eigenvalue weighted by molar-refractivity contribution is 0.0452. The number of halogens is 2. The molecule has 47 heavy (non-hydrogen) atoms. The van der Waals surface area contributed by atoms with E-state index in [0.717, 1.165) is 47.7 Å². The van der Waals surface area contributed by atoms with E-state index < -0.39 is 5.41 Å². The molecule has 0 unspecified atom stereocenters. The zero-order valence-corrected chi connectivity index (χ0v) is 29.1. The predicted molar refractivity (Wildman–Crippen MR) is 188 cm³/mol. The lowest BCUT2D eigenvalue weighted by Crippen LogP contribution is -2.51. The van der Waals surface area contributed by atoms with E-state index >= 15 is 0 Å². The van der Waals surface area contributed by atoms with Gasteiger partial charge in [0.15, 0.2) is 5.75 Å². The van der Waals surface area contributed by atoms with Crippen molar-refractivity contribution < 1.29 is 9.47 Å². The minimum atomic E-state index is -0.405. The smallest absolute Gasteiger partial charge is 0.225 e. The minimum absolute atomic E-state index is 0.285. The number of likely N-dealkylation sites (tertiary alicyclic amines) is 1. The molecule has 0 aliphatic carbocycles. The van der Waals surface area contributed by atoms with E-state index in [-0.39, 0.29) is 6.61 Å². The molecule has 1 spiro atoms. The summed E-state index contributed by atoms with van der Waals surface area (Å²) in [4.78, 5) is 14.6. The fourth-order valence-corrected chi connectivity index (χ4v) is 7.80. The molecule has 10 heteroatoms. The van der Waals surface area contributed by atoms with Crippen molar-refractivity contribution in [1.29, 1.82) is 5.26 Å². The molecular formula is C37H46Cl2N6O2. The molecule has 3 fully saturated rings. The Labute approximate surface area is 289 Å². The van der Waals surface area contributed by atoms with Crippen LogP contribution in [0.5, 0.6) is 11.5 Å². The highest BCUT2D eigenvalue weighted by Crippen LogP contribution is 2.43. The summed E-state index contributed by atoms with van der Waals surface area (Å²) in [7, 11) is 0. The van der Waals surface area contributed by atoms with Gasteiger partial charge in [0.05, 0.1) is 22.2 Å². The molecule has 6 rings (SSSR count). The Kier molecular flexibility index (Phi) is 10.8. The summed E-state index contributed by atoms with van der Waals surface area (Å²) >= 11 is 12.3. The maximum atomic E-state index is 9.73. The van der Waals surface area contributed by atoms with Crippen LogP contribution in [0.2, 0.25) is 5.02 Å². The van der Waals surface area contributed by atoms with Crippen LogP contribution in [0.1, 0.15) is 74.8 Å². The number of anilines is 1. The SMILES string of the molecule is CC(C)(c1ccc(OCc2ccnc(N3CCC4(CC3)CCN(C3CCNCC3)CC4)n2)cc1)c1cc(Cl)c(OCCCl)c(C#N)c1. The van der Waals surface area contributed by atoms with E-state index in [1.54, 1.807) is 0 Å². The van der Waals surface area contributed by atoms with Crippen LogP contribution in [0, 0.1) is 16.7 Å². The lowest BCUT2D eigenvalue weighted by atomic mass is 9.71. The van der Waals surface area contributed by atoms with Gasteiger partial charge in [-0.25, -0.2) is 9.97 Å². The van der Waals surface area contributed by atoms with Crippen molar-refractivity contribution in [2.45, 2.75) is 70.4 Å². The third kappa shape index (κ3) is 7.81. The van der Waals surface area contributed by atoms with E-state index in [9.17, 15) is 5.26 Å². The molecule has 8 nitrogen and oxygen atoms in total. The number of ether oxygens (including phenoxy) is 2. The summed E-state index contributed by atoms with van der Waals surface area (Å²) in [5, 5.41) is 13.6.